The molecular formula is C25H30N2O4. The molecule has 3 aromatic rings. The van der Waals surface area contributed by atoms with Crippen LogP contribution in [0.4, 0.5) is 0 Å². The molecule has 0 aliphatic rings. The molecule has 0 aliphatic carbocycles. The zero-order chi connectivity index (χ0) is 22.1. The maximum atomic E-state index is 10.3. The molecule has 0 saturated heterocycles. The van der Waals surface area contributed by atoms with Gasteiger partial charge in [0.2, 0.25) is 0 Å². The van der Waals surface area contributed by atoms with Crippen molar-refractivity contribution in [3.63, 3.8) is 0 Å². The number of aliphatic hydroxyl groups excluding tert-OH is 1. The predicted molar refractivity (Wildman–Crippen MR) is 122 cm³/mol. The average Bonchev–Trinajstić information content (AvgIpc) is 3.20. The molecule has 0 saturated carbocycles. The molecule has 164 valence electrons. The first-order chi connectivity index (χ1) is 15.0. The lowest BCUT2D eigenvalue weighted by molar-refractivity contribution is 0.106. The maximum absolute atomic E-state index is 10.3. The molecule has 2 aromatic carbocycles. The van der Waals surface area contributed by atoms with Crippen molar-refractivity contribution in [2.75, 3.05) is 26.8 Å². The van der Waals surface area contributed by atoms with E-state index in [1.807, 2.05) is 56.3 Å². The molecule has 0 spiro atoms. The van der Waals surface area contributed by atoms with Crippen molar-refractivity contribution in [3.8, 4) is 11.5 Å². The summed E-state index contributed by atoms with van der Waals surface area (Å²) in [4.78, 5) is 0. The van der Waals surface area contributed by atoms with Crippen molar-refractivity contribution < 1.29 is 19.1 Å². The molecule has 0 radical (unpaired) electrons. The predicted octanol–water partition coefficient (Wildman–Crippen LogP) is 4.04. The molecule has 6 nitrogen and oxygen atoms in total. The van der Waals surface area contributed by atoms with Crippen LogP contribution in [-0.4, -0.2) is 43.2 Å². The Hall–Kier alpha value is -3.09. The van der Waals surface area contributed by atoms with Gasteiger partial charge in [0.05, 0.1) is 12.8 Å². The molecule has 1 atom stereocenters. The SMILES string of the molecule is COc1cc(CCNCC(O)COc2ccccc2/C=C/c2cc(C)no2)ccc1C. The minimum Gasteiger partial charge on any atom is -0.496 e. The van der Waals surface area contributed by atoms with Crippen LogP contribution in [0, 0.1) is 13.8 Å². The number of hydrogen-bond donors (Lipinski definition) is 2. The summed E-state index contributed by atoms with van der Waals surface area (Å²) in [5.74, 6) is 2.29. The number of ether oxygens (including phenoxy) is 2. The number of rotatable bonds is 11. The maximum Gasteiger partial charge on any atom is 0.159 e. The summed E-state index contributed by atoms with van der Waals surface area (Å²) in [6.45, 7) is 5.33. The van der Waals surface area contributed by atoms with E-state index in [-0.39, 0.29) is 6.61 Å². The van der Waals surface area contributed by atoms with Crippen molar-refractivity contribution >= 4 is 12.2 Å². The highest BCUT2D eigenvalue weighted by Gasteiger charge is 2.08. The van der Waals surface area contributed by atoms with Crippen LogP contribution in [0.3, 0.4) is 0 Å². The molecule has 1 aromatic heterocycles. The van der Waals surface area contributed by atoms with Crippen LogP contribution in [0.2, 0.25) is 0 Å². The van der Waals surface area contributed by atoms with E-state index < -0.39 is 6.10 Å². The van der Waals surface area contributed by atoms with Crippen LogP contribution in [0.5, 0.6) is 11.5 Å². The monoisotopic (exact) mass is 422 g/mol. The molecule has 0 amide bonds. The molecule has 0 aliphatic heterocycles. The molecule has 3 rings (SSSR count). The average molecular weight is 423 g/mol. The molecule has 0 fully saturated rings. The molecule has 0 bridgehead atoms. The van der Waals surface area contributed by atoms with E-state index in [9.17, 15) is 5.11 Å². The van der Waals surface area contributed by atoms with Gasteiger partial charge in [-0.1, -0.05) is 35.5 Å². The van der Waals surface area contributed by atoms with Crippen LogP contribution >= 0.6 is 0 Å². The minimum absolute atomic E-state index is 0.206. The van der Waals surface area contributed by atoms with E-state index in [0.29, 0.717) is 18.1 Å². The van der Waals surface area contributed by atoms with Gasteiger partial charge in [0.1, 0.15) is 24.2 Å². The first-order valence-corrected chi connectivity index (χ1v) is 10.4. The highest BCUT2D eigenvalue weighted by molar-refractivity contribution is 5.70. The summed E-state index contributed by atoms with van der Waals surface area (Å²) in [5.41, 5.74) is 4.06. The van der Waals surface area contributed by atoms with Gasteiger partial charge >= 0.3 is 0 Å². The highest BCUT2D eigenvalue weighted by atomic mass is 16.5. The van der Waals surface area contributed by atoms with Gasteiger partial charge in [-0.15, -0.1) is 0 Å². The molecule has 2 N–H and O–H groups in total. The quantitative estimate of drug-likeness (QED) is 0.454. The number of hydrogen-bond acceptors (Lipinski definition) is 6. The number of para-hydroxylation sites is 1. The van der Waals surface area contributed by atoms with Crippen molar-refractivity contribution in [1.82, 2.24) is 10.5 Å². The van der Waals surface area contributed by atoms with Gasteiger partial charge in [-0.3, -0.25) is 0 Å². The number of nitrogens with one attached hydrogen (secondary N) is 1. The minimum atomic E-state index is -0.610. The van der Waals surface area contributed by atoms with Crippen molar-refractivity contribution in [2.24, 2.45) is 0 Å². The van der Waals surface area contributed by atoms with Crippen LogP contribution < -0.4 is 14.8 Å². The summed E-state index contributed by atoms with van der Waals surface area (Å²) in [6.07, 6.45) is 4.01. The van der Waals surface area contributed by atoms with Crippen LogP contribution in [0.15, 0.2) is 53.1 Å². The van der Waals surface area contributed by atoms with E-state index >= 15 is 0 Å². The molecule has 1 heterocycles. The molecular weight excluding hydrogens is 392 g/mol. The topological polar surface area (TPSA) is 76.8 Å². The Balaban J connectivity index is 1.43. The highest BCUT2D eigenvalue weighted by Crippen LogP contribution is 2.21. The van der Waals surface area contributed by atoms with E-state index in [4.69, 9.17) is 14.0 Å². The lowest BCUT2D eigenvalue weighted by Crippen LogP contribution is -2.32. The fraction of sp³-hybridized carbons (Fsp3) is 0.320. The Morgan fingerprint density at radius 2 is 1.94 bits per heavy atom. The summed E-state index contributed by atoms with van der Waals surface area (Å²) in [6, 6.07) is 15.8. The summed E-state index contributed by atoms with van der Waals surface area (Å²) in [5, 5.41) is 17.4. The fourth-order valence-corrected chi connectivity index (χ4v) is 3.15. The Morgan fingerprint density at radius 1 is 1.10 bits per heavy atom. The van der Waals surface area contributed by atoms with Crippen molar-refractivity contribution in [3.05, 3.63) is 76.7 Å². The first-order valence-electron chi connectivity index (χ1n) is 10.4. The Labute approximate surface area is 183 Å². The zero-order valence-corrected chi connectivity index (χ0v) is 18.3. The Morgan fingerprint density at radius 3 is 2.71 bits per heavy atom. The normalized spacial score (nSPS) is 12.3. The number of aliphatic hydroxyl groups is 1. The molecule has 6 heteroatoms. The lowest BCUT2D eigenvalue weighted by Gasteiger charge is -2.15. The van der Waals surface area contributed by atoms with Crippen LogP contribution in [-0.2, 0) is 6.42 Å². The Bertz CT molecular complexity index is 997. The summed E-state index contributed by atoms with van der Waals surface area (Å²) in [7, 11) is 1.68. The third-order valence-corrected chi connectivity index (χ3v) is 4.87. The van der Waals surface area contributed by atoms with Gasteiger partial charge < -0.3 is 24.4 Å². The second-order valence-corrected chi connectivity index (χ2v) is 7.46. The largest absolute Gasteiger partial charge is 0.496 e. The zero-order valence-electron chi connectivity index (χ0n) is 18.3. The second kappa shape index (κ2) is 11.3. The third-order valence-electron chi connectivity index (χ3n) is 4.87. The van der Waals surface area contributed by atoms with E-state index in [0.717, 1.165) is 35.5 Å². The number of methoxy groups -OCH3 is 1. The molecule has 1 unspecified atom stereocenters. The van der Waals surface area contributed by atoms with Crippen LogP contribution in [0.1, 0.15) is 28.1 Å². The van der Waals surface area contributed by atoms with Crippen molar-refractivity contribution in [1.29, 1.82) is 0 Å². The third kappa shape index (κ3) is 6.98. The van der Waals surface area contributed by atoms with Crippen LogP contribution in [0.25, 0.3) is 12.2 Å². The van der Waals surface area contributed by atoms with Gasteiger partial charge in [0, 0.05) is 18.2 Å². The van der Waals surface area contributed by atoms with Gasteiger partial charge in [-0.25, -0.2) is 0 Å². The number of aromatic nitrogens is 1. The van der Waals surface area contributed by atoms with E-state index in [2.05, 4.69) is 28.7 Å². The first kappa shape index (κ1) is 22.6. The van der Waals surface area contributed by atoms with Gasteiger partial charge in [-0.05, 0) is 62.2 Å². The lowest BCUT2D eigenvalue weighted by atomic mass is 10.1. The number of nitrogens with zero attached hydrogens (tertiary/aromatic N) is 1. The van der Waals surface area contributed by atoms with Crippen molar-refractivity contribution in [2.45, 2.75) is 26.4 Å². The van der Waals surface area contributed by atoms with E-state index in [1.165, 1.54) is 5.56 Å². The standard InChI is InChI=1S/C25H30N2O4/c1-18-8-9-20(15-25(18)29-3)12-13-26-16-22(28)17-30-24-7-5-4-6-21(24)10-11-23-14-19(2)27-31-23/h4-11,14-15,22,26,28H,12-13,16-17H2,1-3H3/b11-10+. The summed E-state index contributed by atoms with van der Waals surface area (Å²) < 4.78 is 16.4. The number of aryl methyl sites for hydroxylation is 2. The van der Waals surface area contributed by atoms with Gasteiger partial charge in [0.15, 0.2) is 5.76 Å². The summed E-state index contributed by atoms with van der Waals surface area (Å²) >= 11 is 0. The smallest absolute Gasteiger partial charge is 0.159 e. The second-order valence-electron chi connectivity index (χ2n) is 7.46. The van der Waals surface area contributed by atoms with E-state index in [1.54, 1.807) is 7.11 Å². The number of benzene rings is 2. The molecule has 31 heavy (non-hydrogen) atoms. The van der Waals surface area contributed by atoms with Gasteiger partial charge in [0.25, 0.3) is 0 Å². The Kier molecular flexibility index (Phi) is 8.27. The fourth-order valence-electron chi connectivity index (χ4n) is 3.15. The van der Waals surface area contributed by atoms with Gasteiger partial charge in [-0.2, -0.15) is 0 Å².